The number of ether oxygens (including phenoxy) is 2. The molecule has 4 nitrogen and oxygen atoms in total. The molecule has 1 saturated heterocycles. The Balaban J connectivity index is 1.45. The van der Waals surface area contributed by atoms with Crippen molar-refractivity contribution >= 4 is 23.2 Å². The predicted octanol–water partition coefficient (Wildman–Crippen LogP) is 6.52. The van der Waals surface area contributed by atoms with Crippen molar-refractivity contribution in [3.05, 3.63) is 58.6 Å². The second kappa shape index (κ2) is 10.1. The van der Waals surface area contributed by atoms with Crippen molar-refractivity contribution in [1.82, 2.24) is 0 Å². The largest absolute Gasteiger partial charge is 0.352 e. The Morgan fingerprint density at radius 1 is 0.909 bits per heavy atom. The van der Waals surface area contributed by atoms with E-state index in [-0.39, 0.29) is 29.2 Å². The van der Waals surface area contributed by atoms with Gasteiger partial charge in [-0.05, 0) is 66.1 Å². The Morgan fingerprint density at radius 3 is 2.06 bits per heavy atom. The molecule has 2 aliphatic rings. The van der Waals surface area contributed by atoms with E-state index in [1.165, 1.54) is 0 Å². The lowest BCUT2D eigenvalue weighted by Gasteiger charge is -2.40. The number of halogens is 1. The summed E-state index contributed by atoms with van der Waals surface area (Å²) in [5.74, 6) is -0.712. The molecule has 33 heavy (non-hydrogen) atoms. The summed E-state index contributed by atoms with van der Waals surface area (Å²) >= 11 is 6.02. The van der Waals surface area contributed by atoms with Crippen molar-refractivity contribution in [1.29, 1.82) is 0 Å². The van der Waals surface area contributed by atoms with E-state index in [1.54, 1.807) is 0 Å². The van der Waals surface area contributed by atoms with E-state index in [4.69, 9.17) is 21.1 Å². The van der Waals surface area contributed by atoms with Crippen molar-refractivity contribution in [2.75, 3.05) is 13.2 Å². The van der Waals surface area contributed by atoms with Crippen LogP contribution in [0, 0.1) is 18.3 Å². The molecule has 176 valence electrons. The van der Waals surface area contributed by atoms with Crippen LogP contribution >= 0.6 is 11.6 Å². The topological polar surface area (TPSA) is 52.6 Å². The van der Waals surface area contributed by atoms with Crippen LogP contribution in [0.3, 0.4) is 0 Å². The van der Waals surface area contributed by atoms with Gasteiger partial charge in [-0.1, -0.05) is 49.7 Å². The average Bonchev–Trinajstić information content (AvgIpc) is 2.81. The first-order valence-corrected chi connectivity index (χ1v) is 12.4. The van der Waals surface area contributed by atoms with Gasteiger partial charge in [-0.2, -0.15) is 0 Å². The first-order chi connectivity index (χ1) is 15.8. The summed E-state index contributed by atoms with van der Waals surface area (Å²) in [5.41, 5.74) is 3.86. The molecule has 1 heterocycles. The number of rotatable bonds is 6. The molecule has 4 rings (SSSR count). The number of carbonyl (C=O) groups excluding carboxylic acids is 2. The molecule has 2 aromatic rings. The standard InChI is InChI=1S/C28H33ClO4/c1-4-28(5-2)16-32-26(33-17-28)14-19-12-24(30)27(25(31)13-19)23-15-21(7-6-18(23)3)20-8-10-22(29)11-9-20/h6-11,15,19,26-27H,4-5,12-14,16-17H2,1-3H3. The third kappa shape index (κ3) is 5.24. The molecule has 0 radical (unpaired) electrons. The van der Waals surface area contributed by atoms with E-state index < -0.39 is 5.92 Å². The first-order valence-electron chi connectivity index (χ1n) is 12.0. The highest BCUT2D eigenvalue weighted by Crippen LogP contribution is 2.38. The van der Waals surface area contributed by atoms with E-state index >= 15 is 0 Å². The maximum atomic E-state index is 13.2. The molecular formula is C28H33ClO4. The highest BCUT2D eigenvalue weighted by Gasteiger charge is 2.40. The number of aryl methyl sites for hydroxylation is 1. The van der Waals surface area contributed by atoms with Gasteiger partial charge in [-0.25, -0.2) is 0 Å². The highest BCUT2D eigenvalue weighted by atomic mass is 35.5. The molecule has 0 N–H and O–H groups in total. The predicted molar refractivity (Wildman–Crippen MR) is 130 cm³/mol. The maximum absolute atomic E-state index is 13.2. The molecule has 0 amide bonds. The third-order valence-corrected chi connectivity index (χ3v) is 7.82. The summed E-state index contributed by atoms with van der Waals surface area (Å²) in [6, 6.07) is 13.6. The maximum Gasteiger partial charge on any atom is 0.157 e. The van der Waals surface area contributed by atoms with Gasteiger partial charge in [0.1, 0.15) is 17.5 Å². The fourth-order valence-corrected chi connectivity index (χ4v) is 5.17. The number of Topliss-reactive ketones (excluding diaryl/α,β-unsaturated/α-hetero) is 2. The molecule has 0 unspecified atom stereocenters. The minimum Gasteiger partial charge on any atom is -0.352 e. The molecule has 0 bridgehead atoms. The number of hydrogen-bond donors (Lipinski definition) is 0. The smallest absolute Gasteiger partial charge is 0.157 e. The zero-order valence-corrected chi connectivity index (χ0v) is 20.5. The summed E-state index contributed by atoms with van der Waals surface area (Å²) in [7, 11) is 0. The third-order valence-electron chi connectivity index (χ3n) is 7.57. The van der Waals surface area contributed by atoms with Crippen LogP contribution in [-0.4, -0.2) is 31.1 Å². The Morgan fingerprint density at radius 2 is 1.48 bits per heavy atom. The molecule has 1 aliphatic carbocycles. The van der Waals surface area contributed by atoms with E-state index in [0.29, 0.717) is 37.5 Å². The van der Waals surface area contributed by atoms with E-state index in [0.717, 1.165) is 35.1 Å². The normalized spacial score (nSPS) is 23.6. The lowest BCUT2D eigenvalue weighted by Crippen LogP contribution is -2.42. The molecular weight excluding hydrogens is 436 g/mol. The van der Waals surface area contributed by atoms with Gasteiger partial charge in [-0.3, -0.25) is 9.59 Å². The zero-order valence-electron chi connectivity index (χ0n) is 19.7. The van der Waals surface area contributed by atoms with Crippen LogP contribution in [0.4, 0.5) is 0 Å². The van der Waals surface area contributed by atoms with Crippen molar-refractivity contribution < 1.29 is 19.1 Å². The van der Waals surface area contributed by atoms with Crippen LogP contribution < -0.4 is 0 Å². The SMILES string of the molecule is CCC1(CC)COC(CC2CC(=O)C(c3cc(-c4ccc(Cl)cc4)ccc3C)C(=O)C2)OC1. The minimum atomic E-state index is -0.686. The lowest BCUT2D eigenvalue weighted by molar-refractivity contribution is -0.237. The summed E-state index contributed by atoms with van der Waals surface area (Å²) < 4.78 is 12.0. The number of carbonyl (C=O) groups is 2. The van der Waals surface area contributed by atoms with Crippen LogP contribution in [0.25, 0.3) is 11.1 Å². The van der Waals surface area contributed by atoms with Gasteiger partial charge in [0.15, 0.2) is 6.29 Å². The van der Waals surface area contributed by atoms with Crippen LogP contribution in [0.15, 0.2) is 42.5 Å². The molecule has 0 aromatic heterocycles. The van der Waals surface area contributed by atoms with Gasteiger partial charge in [-0.15, -0.1) is 0 Å². The summed E-state index contributed by atoms with van der Waals surface area (Å²) in [6.07, 6.45) is 3.08. The Bertz CT molecular complexity index is 981. The van der Waals surface area contributed by atoms with Crippen LogP contribution in [0.2, 0.25) is 5.02 Å². The fourth-order valence-electron chi connectivity index (χ4n) is 5.04. The molecule has 1 saturated carbocycles. The monoisotopic (exact) mass is 468 g/mol. The summed E-state index contributed by atoms with van der Waals surface area (Å²) in [5, 5.41) is 0.677. The number of ketones is 2. The Kier molecular flexibility index (Phi) is 7.37. The molecule has 2 fully saturated rings. The molecule has 5 heteroatoms. The van der Waals surface area contributed by atoms with Crippen molar-refractivity contribution in [2.45, 2.75) is 65.1 Å². The number of hydrogen-bond acceptors (Lipinski definition) is 4. The van der Waals surface area contributed by atoms with Gasteiger partial charge in [0, 0.05) is 29.7 Å². The Labute approximate surface area is 201 Å². The fraction of sp³-hybridized carbons (Fsp3) is 0.500. The quantitative estimate of drug-likeness (QED) is 0.453. The molecule has 0 atom stereocenters. The molecule has 2 aromatic carbocycles. The van der Waals surface area contributed by atoms with E-state index in [9.17, 15) is 9.59 Å². The Hall–Kier alpha value is -2.01. The summed E-state index contributed by atoms with van der Waals surface area (Å²) in [6.45, 7) is 7.65. The minimum absolute atomic E-state index is 0.000112. The van der Waals surface area contributed by atoms with Gasteiger partial charge >= 0.3 is 0 Å². The van der Waals surface area contributed by atoms with Crippen LogP contribution in [0.5, 0.6) is 0 Å². The second-order valence-corrected chi connectivity index (χ2v) is 10.1. The first kappa shape index (κ1) is 24.1. The van der Waals surface area contributed by atoms with Crippen LogP contribution in [-0.2, 0) is 19.1 Å². The second-order valence-electron chi connectivity index (χ2n) is 9.71. The lowest BCUT2D eigenvalue weighted by atomic mass is 9.74. The highest BCUT2D eigenvalue weighted by molar-refractivity contribution is 6.30. The summed E-state index contributed by atoms with van der Waals surface area (Å²) in [4.78, 5) is 26.4. The van der Waals surface area contributed by atoms with Gasteiger partial charge in [0.2, 0.25) is 0 Å². The van der Waals surface area contributed by atoms with Gasteiger partial charge in [0.25, 0.3) is 0 Å². The van der Waals surface area contributed by atoms with Gasteiger partial charge < -0.3 is 9.47 Å². The van der Waals surface area contributed by atoms with Crippen molar-refractivity contribution in [3.8, 4) is 11.1 Å². The van der Waals surface area contributed by atoms with Crippen LogP contribution in [0.1, 0.15) is 63.0 Å². The van der Waals surface area contributed by atoms with Crippen molar-refractivity contribution in [3.63, 3.8) is 0 Å². The number of benzene rings is 2. The average molecular weight is 469 g/mol. The zero-order chi connectivity index (χ0) is 23.6. The van der Waals surface area contributed by atoms with E-state index in [1.807, 2.05) is 49.4 Å². The van der Waals surface area contributed by atoms with E-state index in [2.05, 4.69) is 13.8 Å². The molecule has 1 aliphatic heterocycles. The van der Waals surface area contributed by atoms with Gasteiger partial charge in [0.05, 0.1) is 13.2 Å². The van der Waals surface area contributed by atoms with Crippen molar-refractivity contribution in [2.24, 2.45) is 11.3 Å². The molecule has 0 spiro atoms.